The van der Waals surface area contributed by atoms with Crippen LogP contribution in [0.1, 0.15) is 45.9 Å². The third kappa shape index (κ3) is 5.06. The Bertz CT molecular complexity index is 1390. The largest absolute Gasteiger partial charge is 0.507 e. The highest BCUT2D eigenvalue weighted by molar-refractivity contribution is 6.04. The number of aromatic hydroxyl groups is 1. The van der Waals surface area contributed by atoms with Gasteiger partial charge in [0.1, 0.15) is 5.75 Å². The number of carbonyl (C=O) groups is 2. The number of aryl methyl sites for hydroxylation is 1. The predicted octanol–water partition coefficient (Wildman–Crippen LogP) is 4.85. The summed E-state index contributed by atoms with van der Waals surface area (Å²) in [4.78, 5) is 29.5. The highest BCUT2D eigenvalue weighted by Gasteiger charge is 2.30. The van der Waals surface area contributed by atoms with Crippen LogP contribution in [0.15, 0.2) is 73.1 Å². The van der Waals surface area contributed by atoms with E-state index in [0.717, 1.165) is 29.7 Å². The van der Waals surface area contributed by atoms with Crippen molar-refractivity contribution in [1.82, 2.24) is 20.1 Å². The van der Waals surface area contributed by atoms with Crippen LogP contribution in [0.2, 0.25) is 0 Å². The van der Waals surface area contributed by atoms with Crippen LogP contribution in [-0.2, 0) is 6.54 Å². The number of phenols is 1. The van der Waals surface area contributed by atoms with Gasteiger partial charge in [-0.2, -0.15) is 9.78 Å². The van der Waals surface area contributed by atoms with Crippen molar-refractivity contribution in [2.45, 2.75) is 32.2 Å². The Kier molecular flexibility index (Phi) is 6.01. The molecule has 1 aliphatic carbocycles. The molecule has 2 aromatic carbocycles. The van der Waals surface area contributed by atoms with Crippen molar-refractivity contribution < 1.29 is 14.7 Å². The number of hydrogen-bond acceptors (Lipinski definition) is 5. The second kappa shape index (κ2) is 9.42. The van der Waals surface area contributed by atoms with Crippen molar-refractivity contribution in [3.05, 3.63) is 95.4 Å². The van der Waals surface area contributed by atoms with Crippen LogP contribution in [0.25, 0.3) is 11.3 Å². The molecule has 0 bridgehead atoms. The molecule has 0 spiro atoms. The van der Waals surface area contributed by atoms with Crippen LogP contribution in [0.4, 0.5) is 10.5 Å². The van der Waals surface area contributed by atoms with Crippen molar-refractivity contribution in [2.75, 3.05) is 5.32 Å². The molecule has 0 radical (unpaired) electrons. The van der Waals surface area contributed by atoms with Crippen LogP contribution in [0, 0.1) is 6.92 Å². The summed E-state index contributed by atoms with van der Waals surface area (Å²) >= 11 is 0. The number of nitrogens with zero attached hydrogens (tertiary/aromatic N) is 3. The number of aromatic nitrogens is 3. The molecule has 3 N–H and O–H groups in total. The number of carbonyl (C=O) groups excluding carboxylic acids is 2. The van der Waals surface area contributed by atoms with Crippen molar-refractivity contribution >= 4 is 17.6 Å². The fourth-order valence-corrected chi connectivity index (χ4v) is 3.96. The molecular weight excluding hydrogens is 442 g/mol. The second-order valence-corrected chi connectivity index (χ2v) is 8.71. The molecule has 4 aromatic rings. The zero-order valence-electron chi connectivity index (χ0n) is 19.2. The standard InChI is InChI=1S/C27H25N5O3/c1-17-3-2-4-18(13-17)16-29-27(35)32-24(19-5-6-19)15-23(31-32)22-14-21(7-8-25(22)33)30-26(34)20-9-11-28-12-10-20/h2-4,7-15,19,33H,5-6,16H2,1H3,(H,29,35)(H,30,34). The second-order valence-electron chi connectivity index (χ2n) is 8.71. The lowest BCUT2D eigenvalue weighted by molar-refractivity contribution is 0.102. The number of hydrogen-bond donors (Lipinski definition) is 3. The molecule has 176 valence electrons. The molecule has 2 amide bonds. The number of anilines is 1. The Morgan fingerprint density at radius 1 is 1.06 bits per heavy atom. The Hall–Kier alpha value is -4.46. The SMILES string of the molecule is Cc1cccc(CNC(=O)n2nc(-c3cc(NC(=O)c4ccncc4)ccc3O)cc2C2CC2)c1. The molecule has 0 unspecified atom stereocenters. The number of nitrogens with one attached hydrogen (secondary N) is 2. The van der Waals surface area contributed by atoms with E-state index in [-0.39, 0.29) is 23.6 Å². The first-order chi connectivity index (χ1) is 17.0. The monoisotopic (exact) mass is 467 g/mol. The zero-order chi connectivity index (χ0) is 24.4. The molecule has 1 aliphatic rings. The minimum absolute atomic E-state index is 0.0130. The minimum atomic E-state index is -0.318. The Balaban J connectivity index is 1.39. The molecule has 0 aliphatic heterocycles. The van der Waals surface area contributed by atoms with Crippen LogP contribution in [-0.4, -0.2) is 31.8 Å². The summed E-state index contributed by atoms with van der Waals surface area (Å²) in [5, 5.41) is 20.8. The predicted molar refractivity (Wildman–Crippen MR) is 132 cm³/mol. The molecule has 2 aromatic heterocycles. The first-order valence-electron chi connectivity index (χ1n) is 11.5. The zero-order valence-corrected chi connectivity index (χ0v) is 19.2. The molecule has 1 saturated carbocycles. The van der Waals surface area contributed by atoms with Crippen molar-refractivity contribution in [3.8, 4) is 17.0 Å². The van der Waals surface area contributed by atoms with Gasteiger partial charge in [0, 0.05) is 41.7 Å². The van der Waals surface area contributed by atoms with Gasteiger partial charge in [0.15, 0.2) is 0 Å². The number of benzene rings is 2. The topological polar surface area (TPSA) is 109 Å². The summed E-state index contributed by atoms with van der Waals surface area (Å²) in [6.07, 6.45) is 5.08. The first kappa shape index (κ1) is 22.3. The molecule has 0 saturated heterocycles. The van der Waals surface area contributed by atoms with Gasteiger partial charge in [0.05, 0.1) is 11.4 Å². The average Bonchev–Trinajstić information content (AvgIpc) is 3.62. The van der Waals surface area contributed by atoms with Crippen molar-refractivity contribution in [2.24, 2.45) is 0 Å². The molecule has 8 nitrogen and oxygen atoms in total. The van der Waals surface area contributed by atoms with Crippen molar-refractivity contribution in [1.29, 1.82) is 0 Å². The van der Waals surface area contributed by atoms with E-state index in [2.05, 4.69) is 20.7 Å². The van der Waals surface area contributed by atoms with Crippen LogP contribution in [0.5, 0.6) is 5.75 Å². The van der Waals surface area contributed by atoms with Gasteiger partial charge in [-0.3, -0.25) is 9.78 Å². The molecule has 35 heavy (non-hydrogen) atoms. The molecule has 8 heteroatoms. The summed E-state index contributed by atoms with van der Waals surface area (Å²) in [6, 6.07) is 17.5. The third-order valence-corrected chi connectivity index (χ3v) is 5.92. The van der Waals surface area contributed by atoms with Gasteiger partial charge >= 0.3 is 6.03 Å². The summed E-state index contributed by atoms with van der Waals surface area (Å²) in [5.41, 5.74) is 4.83. The number of rotatable bonds is 6. The van der Waals surface area contributed by atoms with Crippen LogP contribution < -0.4 is 10.6 Å². The normalized spacial score (nSPS) is 12.8. The van der Waals surface area contributed by atoms with E-state index >= 15 is 0 Å². The summed E-state index contributed by atoms with van der Waals surface area (Å²) in [5.74, 6) is -0.0134. The lowest BCUT2D eigenvalue weighted by Crippen LogP contribution is -2.30. The fourth-order valence-electron chi connectivity index (χ4n) is 3.96. The smallest absolute Gasteiger partial charge is 0.342 e. The quantitative estimate of drug-likeness (QED) is 0.351. The molecule has 1 fully saturated rings. The molecular formula is C27H25N5O3. The number of amides is 2. The number of phenolic OH excluding ortho intramolecular Hbond substituents is 1. The highest BCUT2D eigenvalue weighted by Crippen LogP contribution is 2.42. The van der Waals surface area contributed by atoms with Gasteiger partial charge < -0.3 is 15.7 Å². The molecule has 0 atom stereocenters. The van der Waals surface area contributed by atoms with E-state index < -0.39 is 0 Å². The van der Waals surface area contributed by atoms with Gasteiger partial charge in [-0.1, -0.05) is 29.8 Å². The van der Waals surface area contributed by atoms with E-state index in [9.17, 15) is 14.7 Å². The van der Waals surface area contributed by atoms with E-state index in [1.165, 1.54) is 10.7 Å². The summed E-state index contributed by atoms with van der Waals surface area (Å²) in [6.45, 7) is 2.40. The summed E-state index contributed by atoms with van der Waals surface area (Å²) < 4.78 is 1.39. The molecule has 2 heterocycles. The lowest BCUT2D eigenvalue weighted by Gasteiger charge is -2.09. The van der Waals surface area contributed by atoms with Gasteiger partial charge in [-0.25, -0.2) is 4.79 Å². The highest BCUT2D eigenvalue weighted by atomic mass is 16.3. The number of pyridine rings is 1. The third-order valence-electron chi connectivity index (χ3n) is 5.92. The lowest BCUT2D eigenvalue weighted by atomic mass is 10.1. The van der Waals surface area contributed by atoms with Gasteiger partial charge in [-0.05, 0) is 61.7 Å². The average molecular weight is 468 g/mol. The van der Waals surface area contributed by atoms with E-state index in [4.69, 9.17) is 0 Å². The summed E-state index contributed by atoms with van der Waals surface area (Å²) in [7, 11) is 0. The van der Waals surface area contributed by atoms with Gasteiger partial charge in [0.25, 0.3) is 5.91 Å². The van der Waals surface area contributed by atoms with Crippen LogP contribution >= 0.6 is 0 Å². The van der Waals surface area contributed by atoms with E-state index in [0.29, 0.717) is 29.1 Å². The Morgan fingerprint density at radius 2 is 1.86 bits per heavy atom. The maximum atomic E-state index is 13.0. The first-order valence-corrected chi connectivity index (χ1v) is 11.5. The molecule has 5 rings (SSSR count). The van der Waals surface area contributed by atoms with Crippen LogP contribution in [0.3, 0.4) is 0 Å². The Labute approximate surface area is 202 Å². The maximum Gasteiger partial charge on any atom is 0.342 e. The Morgan fingerprint density at radius 3 is 2.60 bits per heavy atom. The fraction of sp³-hybridized carbons (Fsp3) is 0.185. The maximum absolute atomic E-state index is 13.0. The van der Waals surface area contributed by atoms with E-state index in [1.54, 1.807) is 36.7 Å². The van der Waals surface area contributed by atoms with E-state index in [1.807, 2.05) is 37.3 Å². The van der Waals surface area contributed by atoms with Gasteiger partial charge in [-0.15, -0.1) is 0 Å². The van der Waals surface area contributed by atoms with Crippen molar-refractivity contribution in [3.63, 3.8) is 0 Å². The van der Waals surface area contributed by atoms with Gasteiger partial charge in [0.2, 0.25) is 0 Å². The minimum Gasteiger partial charge on any atom is -0.507 e.